The zero-order valence-corrected chi connectivity index (χ0v) is 40.3. The van der Waals surface area contributed by atoms with E-state index in [-0.39, 0.29) is 0 Å². The maximum absolute atomic E-state index is 7.06. The Kier molecular flexibility index (Phi) is 8.91. The summed E-state index contributed by atoms with van der Waals surface area (Å²) in [6, 6.07) is 94.5. The van der Waals surface area contributed by atoms with Crippen molar-refractivity contribution in [1.29, 1.82) is 0 Å². The molecule has 0 amide bonds. The summed E-state index contributed by atoms with van der Waals surface area (Å²) < 4.78 is 9.68. The quantitative estimate of drug-likeness (QED) is 0.158. The first-order valence-corrected chi connectivity index (χ1v) is 25.7. The Morgan fingerprint density at radius 3 is 1.60 bits per heavy atom. The maximum atomic E-state index is 7.06. The summed E-state index contributed by atoms with van der Waals surface area (Å²) in [6.07, 6.45) is 0. The molecule has 0 radical (unpaired) electrons. The first-order chi connectivity index (χ1) is 35.6. The van der Waals surface area contributed by atoms with Gasteiger partial charge in [0.1, 0.15) is 11.2 Å². The van der Waals surface area contributed by atoms with Crippen molar-refractivity contribution in [2.45, 2.75) is 17.8 Å². The van der Waals surface area contributed by atoms with Crippen LogP contribution in [-0.2, 0) is 10.8 Å². The van der Waals surface area contributed by atoms with Crippen LogP contribution in [0.25, 0.3) is 75.5 Å². The number of hydrogen-bond acceptors (Lipinski definition) is 3. The molecule has 0 bridgehead atoms. The number of fused-ring (bicyclic) bond motifs is 12. The molecule has 2 aromatic heterocycles. The van der Waals surface area contributed by atoms with E-state index in [1.807, 2.05) is 11.3 Å². The van der Waals surface area contributed by atoms with Crippen molar-refractivity contribution in [2.75, 3.05) is 4.90 Å². The highest BCUT2D eigenvalue weighted by Gasteiger charge is 2.47. The van der Waals surface area contributed by atoms with Gasteiger partial charge < -0.3 is 9.32 Å². The van der Waals surface area contributed by atoms with Gasteiger partial charge in [-0.2, -0.15) is 0 Å². The van der Waals surface area contributed by atoms with Crippen LogP contribution in [0.3, 0.4) is 0 Å². The Labute approximate surface area is 422 Å². The third-order valence-corrected chi connectivity index (χ3v) is 17.2. The molecule has 2 aliphatic rings. The lowest BCUT2D eigenvalue weighted by Crippen LogP contribution is -2.28. The molecule has 2 heterocycles. The van der Waals surface area contributed by atoms with E-state index < -0.39 is 10.8 Å². The minimum absolute atomic E-state index is 0.525. The Morgan fingerprint density at radius 2 is 0.889 bits per heavy atom. The van der Waals surface area contributed by atoms with Gasteiger partial charge in [-0.3, -0.25) is 0 Å². The molecular weight excluding hydrogens is 891 g/mol. The van der Waals surface area contributed by atoms with Gasteiger partial charge in [0.2, 0.25) is 0 Å². The summed E-state index contributed by atoms with van der Waals surface area (Å²) in [7, 11) is 0. The van der Waals surface area contributed by atoms with Crippen molar-refractivity contribution < 1.29 is 4.42 Å². The molecule has 0 saturated heterocycles. The minimum atomic E-state index is -0.566. The fraction of sp³-hybridized carbons (Fsp3) is 0.0435. The van der Waals surface area contributed by atoms with E-state index in [1.165, 1.54) is 86.9 Å². The molecular formula is C69H45NOS. The fourth-order valence-corrected chi connectivity index (χ4v) is 14.1. The van der Waals surface area contributed by atoms with Crippen molar-refractivity contribution in [1.82, 2.24) is 0 Å². The topological polar surface area (TPSA) is 16.4 Å². The molecule has 2 nitrogen and oxygen atoms in total. The van der Waals surface area contributed by atoms with Crippen LogP contribution >= 0.6 is 11.3 Å². The predicted octanol–water partition coefficient (Wildman–Crippen LogP) is 18.8. The van der Waals surface area contributed by atoms with Gasteiger partial charge in [0.25, 0.3) is 0 Å². The number of thiophene rings is 1. The molecule has 3 heteroatoms. The molecule has 0 atom stereocenters. The number of benzene rings is 11. The van der Waals surface area contributed by atoms with Gasteiger partial charge in [-0.05, 0) is 122 Å². The van der Waals surface area contributed by atoms with Gasteiger partial charge in [0.05, 0.1) is 5.41 Å². The van der Waals surface area contributed by atoms with E-state index in [0.717, 1.165) is 44.6 Å². The number of hydrogen-bond donors (Lipinski definition) is 0. The van der Waals surface area contributed by atoms with Gasteiger partial charge >= 0.3 is 0 Å². The van der Waals surface area contributed by atoms with Gasteiger partial charge in [-0.15, -0.1) is 11.3 Å². The second-order valence-electron chi connectivity index (χ2n) is 19.6. The summed E-state index contributed by atoms with van der Waals surface area (Å²) >= 11 is 1.88. The Bertz CT molecular complexity index is 4210. The molecule has 338 valence electrons. The third-order valence-electron chi connectivity index (χ3n) is 16.0. The molecule has 0 N–H and O–H groups in total. The first kappa shape index (κ1) is 41.1. The summed E-state index contributed by atoms with van der Waals surface area (Å²) in [6.45, 7) is 2.40. The van der Waals surface area contributed by atoms with E-state index in [9.17, 15) is 0 Å². The van der Waals surface area contributed by atoms with Crippen LogP contribution in [0, 0.1) is 0 Å². The molecule has 0 saturated carbocycles. The fourth-order valence-electron chi connectivity index (χ4n) is 12.8. The predicted molar refractivity (Wildman–Crippen MR) is 301 cm³/mol. The number of nitrogens with zero attached hydrogens (tertiary/aromatic N) is 1. The maximum Gasteiger partial charge on any atom is 0.140 e. The number of para-hydroxylation sites is 1. The summed E-state index contributed by atoms with van der Waals surface area (Å²) in [5.41, 5.74) is 20.1. The second-order valence-corrected chi connectivity index (χ2v) is 20.7. The van der Waals surface area contributed by atoms with Gasteiger partial charge in [-0.1, -0.05) is 206 Å². The lowest BCUT2D eigenvalue weighted by atomic mass is 9.67. The van der Waals surface area contributed by atoms with Crippen LogP contribution in [0.1, 0.15) is 45.9 Å². The zero-order valence-electron chi connectivity index (χ0n) is 39.5. The van der Waals surface area contributed by atoms with Gasteiger partial charge in [0.15, 0.2) is 0 Å². The van der Waals surface area contributed by atoms with E-state index in [4.69, 9.17) is 4.42 Å². The van der Waals surface area contributed by atoms with Crippen LogP contribution in [0.2, 0.25) is 0 Å². The normalized spacial score (nSPS) is 13.8. The molecule has 0 unspecified atom stereocenters. The van der Waals surface area contributed by atoms with E-state index >= 15 is 0 Å². The molecule has 11 aromatic carbocycles. The largest absolute Gasteiger partial charge is 0.456 e. The number of rotatable bonds is 7. The molecule has 0 spiro atoms. The molecule has 0 aliphatic heterocycles. The van der Waals surface area contributed by atoms with Crippen LogP contribution in [0.4, 0.5) is 17.1 Å². The molecule has 15 rings (SSSR count). The molecule has 72 heavy (non-hydrogen) atoms. The van der Waals surface area contributed by atoms with E-state index in [0.29, 0.717) is 0 Å². The van der Waals surface area contributed by atoms with Crippen molar-refractivity contribution >= 4 is 70.5 Å². The molecule has 0 fully saturated rings. The van der Waals surface area contributed by atoms with Crippen LogP contribution in [0.15, 0.2) is 259 Å². The average molecular weight is 936 g/mol. The van der Waals surface area contributed by atoms with Crippen molar-refractivity contribution in [3.63, 3.8) is 0 Å². The van der Waals surface area contributed by atoms with Gasteiger partial charge in [0, 0.05) is 59.0 Å². The lowest BCUT2D eigenvalue weighted by molar-refractivity contribution is 0.638. The summed E-state index contributed by atoms with van der Waals surface area (Å²) in [5, 5.41) is 4.80. The number of furan rings is 1. The Morgan fingerprint density at radius 1 is 0.361 bits per heavy atom. The Balaban J connectivity index is 1.01. The number of anilines is 3. The summed E-state index contributed by atoms with van der Waals surface area (Å²) in [5.74, 6) is 0. The first-order valence-electron chi connectivity index (χ1n) is 24.9. The van der Waals surface area contributed by atoms with Crippen molar-refractivity contribution in [3.8, 4) is 33.4 Å². The standard InChI is InChI=1S/C69H45NOS/c1-68(59-30-13-8-23-51(59)52-24-9-14-31-60(52)68)63-43-49(41-58-55-26-11-16-33-64(55)71-66(58)63)70(47-37-35-44(36-38-47)50-28-18-29-57-56-27-12-17-34-65(56)72-67(50)57)48-39-40-54-53-25-10-15-32-61(53)69(62(54)42-48,45-19-4-2-5-20-45)46-21-6-3-7-22-46/h2-43H,1H3. The highest BCUT2D eigenvalue weighted by atomic mass is 32.1. The van der Waals surface area contributed by atoms with Crippen LogP contribution in [-0.4, -0.2) is 0 Å². The smallest absolute Gasteiger partial charge is 0.140 e. The van der Waals surface area contributed by atoms with Crippen molar-refractivity contribution in [3.05, 3.63) is 294 Å². The SMILES string of the molecule is CC1(c2cc(N(c3ccc(-c4cccc5c4sc4ccccc45)cc3)c3ccc4c(c3)C(c3ccccc3)(c3ccccc3)c3ccccc3-4)cc3c2oc2ccccc23)c2ccccc2-c2ccccc21. The molecule has 13 aromatic rings. The summed E-state index contributed by atoms with van der Waals surface area (Å²) in [4.78, 5) is 2.49. The zero-order chi connectivity index (χ0) is 47.5. The second kappa shape index (κ2) is 15.6. The molecule has 2 aliphatic carbocycles. The lowest BCUT2D eigenvalue weighted by Gasteiger charge is -2.35. The van der Waals surface area contributed by atoms with Crippen LogP contribution in [0.5, 0.6) is 0 Å². The Hall–Kier alpha value is -8.76. The van der Waals surface area contributed by atoms with E-state index in [1.54, 1.807) is 0 Å². The van der Waals surface area contributed by atoms with Crippen LogP contribution < -0.4 is 4.90 Å². The third kappa shape index (κ3) is 5.71. The minimum Gasteiger partial charge on any atom is -0.456 e. The van der Waals surface area contributed by atoms with E-state index in [2.05, 4.69) is 267 Å². The van der Waals surface area contributed by atoms with Gasteiger partial charge in [-0.25, -0.2) is 0 Å². The highest BCUT2D eigenvalue weighted by molar-refractivity contribution is 7.26. The van der Waals surface area contributed by atoms with Crippen molar-refractivity contribution in [2.24, 2.45) is 0 Å². The monoisotopic (exact) mass is 935 g/mol. The average Bonchev–Trinajstić information content (AvgIpc) is 4.18. The highest BCUT2D eigenvalue weighted by Crippen LogP contribution is 2.59.